The lowest BCUT2D eigenvalue weighted by Crippen LogP contribution is -2.41. The topological polar surface area (TPSA) is 55.1 Å². The van der Waals surface area contributed by atoms with Crippen molar-refractivity contribution in [2.24, 2.45) is 0 Å². The molecular weight excluding hydrogens is 235 g/mol. The van der Waals surface area contributed by atoms with Gasteiger partial charge in [-0.3, -0.25) is 0 Å². The molecule has 0 fully saturated rings. The van der Waals surface area contributed by atoms with Crippen molar-refractivity contribution >= 4 is 5.97 Å². The van der Waals surface area contributed by atoms with Crippen molar-refractivity contribution in [3.05, 3.63) is 53.9 Å². The molecule has 0 aliphatic rings. The summed E-state index contributed by atoms with van der Waals surface area (Å²) >= 11 is 0. The smallest absolute Gasteiger partial charge is 0.334 e. The Kier molecular flexibility index (Phi) is 2.90. The van der Waals surface area contributed by atoms with Gasteiger partial charge in [0.2, 0.25) is 0 Å². The molecule has 0 amide bonds. The summed E-state index contributed by atoms with van der Waals surface area (Å²) in [7, 11) is 0. The van der Waals surface area contributed by atoms with Gasteiger partial charge >= 0.3 is 5.97 Å². The van der Waals surface area contributed by atoms with E-state index in [0.717, 1.165) is 0 Å². The van der Waals surface area contributed by atoms with Gasteiger partial charge < -0.3 is 9.67 Å². The van der Waals surface area contributed by atoms with Gasteiger partial charge in [0.05, 0.1) is 0 Å². The van der Waals surface area contributed by atoms with Crippen molar-refractivity contribution < 1.29 is 14.3 Å². The number of halogens is 1. The van der Waals surface area contributed by atoms with Crippen LogP contribution in [0.4, 0.5) is 4.39 Å². The van der Waals surface area contributed by atoms with E-state index < -0.39 is 17.3 Å². The second-order valence-electron chi connectivity index (χ2n) is 4.20. The van der Waals surface area contributed by atoms with Crippen LogP contribution in [-0.4, -0.2) is 20.6 Å². The lowest BCUT2D eigenvalue weighted by atomic mass is 9.91. The Bertz CT molecular complexity index is 594. The van der Waals surface area contributed by atoms with E-state index in [2.05, 4.69) is 4.98 Å². The highest BCUT2D eigenvalue weighted by Gasteiger charge is 2.40. The highest BCUT2D eigenvalue weighted by atomic mass is 19.1. The van der Waals surface area contributed by atoms with Crippen LogP contribution in [0, 0.1) is 12.7 Å². The molecule has 1 N–H and O–H groups in total. The third-order valence-corrected chi connectivity index (χ3v) is 3.12. The molecule has 2 aromatic rings. The van der Waals surface area contributed by atoms with Crippen LogP contribution in [0.3, 0.4) is 0 Å². The molecule has 1 atom stereocenters. The molecule has 0 saturated carbocycles. The van der Waals surface area contributed by atoms with Gasteiger partial charge in [0.15, 0.2) is 5.54 Å². The summed E-state index contributed by atoms with van der Waals surface area (Å²) in [4.78, 5) is 15.6. The maximum Gasteiger partial charge on any atom is 0.334 e. The lowest BCUT2D eigenvalue weighted by molar-refractivity contribution is -0.144. The Balaban J connectivity index is 2.70. The van der Waals surface area contributed by atoms with Gasteiger partial charge in [-0.25, -0.2) is 14.2 Å². The molecule has 1 aromatic carbocycles. The second kappa shape index (κ2) is 4.25. The Morgan fingerprint density at radius 3 is 2.61 bits per heavy atom. The number of carbonyl (C=O) groups is 1. The molecule has 18 heavy (non-hydrogen) atoms. The number of hydrogen-bond acceptors (Lipinski definition) is 2. The fraction of sp³-hybridized carbons (Fsp3) is 0.231. The van der Waals surface area contributed by atoms with Crippen LogP contribution < -0.4 is 0 Å². The first-order chi connectivity index (χ1) is 8.48. The Morgan fingerprint density at radius 2 is 2.11 bits per heavy atom. The summed E-state index contributed by atoms with van der Waals surface area (Å²) in [6, 6.07) is 5.87. The maximum absolute atomic E-state index is 13.9. The summed E-state index contributed by atoms with van der Waals surface area (Å²) in [6.07, 6.45) is 3.03. The molecule has 1 unspecified atom stereocenters. The molecule has 94 valence electrons. The minimum absolute atomic E-state index is 0.110. The standard InChI is InChI=1S/C13H13FN2O2/c1-9-15-7-8-16(9)13(2,12(17)18)10-5-3-4-6-11(10)14/h3-8H,1-2H3,(H,17,18). The van der Waals surface area contributed by atoms with Gasteiger partial charge in [-0.15, -0.1) is 0 Å². The average Bonchev–Trinajstić information content (AvgIpc) is 2.75. The number of aryl methyl sites for hydroxylation is 1. The van der Waals surface area contributed by atoms with Crippen LogP contribution in [0.15, 0.2) is 36.7 Å². The number of rotatable bonds is 3. The van der Waals surface area contributed by atoms with Gasteiger partial charge in [0.1, 0.15) is 11.6 Å². The lowest BCUT2D eigenvalue weighted by Gasteiger charge is -2.28. The van der Waals surface area contributed by atoms with E-state index in [1.165, 1.54) is 42.1 Å². The van der Waals surface area contributed by atoms with Gasteiger partial charge in [-0.05, 0) is 19.9 Å². The normalized spacial score (nSPS) is 14.2. The van der Waals surface area contributed by atoms with Crippen LogP contribution in [0.1, 0.15) is 18.3 Å². The predicted octanol–water partition coefficient (Wildman–Crippen LogP) is 2.18. The number of hydrogen-bond donors (Lipinski definition) is 1. The third-order valence-electron chi connectivity index (χ3n) is 3.12. The molecular formula is C13H13FN2O2. The van der Waals surface area contributed by atoms with Crippen LogP contribution >= 0.6 is 0 Å². The van der Waals surface area contributed by atoms with E-state index in [0.29, 0.717) is 5.82 Å². The average molecular weight is 248 g/mol. The summed E-state index contributed by atoms with van der Waals surface area (Å²) in [6.45, 7) is 3.14. The Morgan fingerprint density at radius 1 is 1.44 bits per heavy atom. The van der Waals surface area contributed by atoms with Crippen molar-refractivity contribution in [1.29, 1.82) is 0 Å². The molecule has 0 saturated heterocycles. The highest BCUT2D eigenvalue weighted by Crippen LogP contribution is 2.29. The van der Waals surface area contributed by atoms with Crippen LogP contribution in [0.2, 0.25) is 0 Å². The van der Waals surface area contributed by atoms with Crippen molar-refractivity contribution in [1.82, 2.24) is 9.55 Å². The van der Waals surface area contributed by atoms with Crippen molar-refractivity contribution in [2.45, 2.75) is 19.4 Å². The molecule has 0 spiro atoms. The number of nitrogens with zero attached hydrogens (tertiary/aromatic N) is 2. The van der Waals surface area contributed by atoms with E-state index >= 15 is 0 Å². The van der Waals surface area contributed by atoms with E-state index in [9.17, 15) is 14.3 Å². The number of imidazole rings is 1. The van der Waals surface area contributed by atoms with E-state index in [-0.39, 0.29) is 5.56 Å². The number of aromatic nitrogens is 2. The second-order valence-corrected chi connectivity index (χ2v) is 4.20. The van der Waals surface area contributed by atoms with E-state index in [4.69, 9.17) is 0 Å². The first-order valence-electron chi connectivity index (χ1n) is 5.46. The fourth-order valence-electron chi connectivity index (χ4n) is 2.05. The number of carboxylic acids is 1. The Hall–Kier alpha value is -2.17. The predicted molar refractivity (Wildman–Crippen MR) is 63.7 cm³/mol. The summed E-state index contributed by atoms with van der Waals surface area (Å²) in [5, 5.41) is 9.49. The SMILES string of the molecule is Cc1nccn1C(C)(C(=O)O)c1ccccc1F. The largest absolute Gasteiger partial charge is 0.479 e. The number of benzene rings is 1. The molecule has 2 rings (SSSR count). The van der Waals surface area contributed by atoms with Crippen molar-refractivity contribution in [2.75, 3.05) is 0 Å². The zero-order valence-corrected chi connectivity index (χ0v) is 10.1. The molecule has 4 nitrogen and oxygen atoms in total. The monoisotopic (exact) mass is 248 g/mol. The summed E-state index contributed by atoms with van der Waals surface area (Å²) in [5.41, 5.74) is -1.40. The van der Waals surface area contributed by atoms with Gasteiger partial charge in [0.25, 0.3) is 0 Å². The van der Waals surface area contributed by atoms with Crippen LogP contribution in [0.5, 0.6) is 0 Å². The minimum Gasteiger partial charge on any atom is -0.479 e. The fourth-order valence-corrected chi connectivity index (χ4v) is 2.05. The molecule has 0 radical (unpaired) electrons. The van der Waals surface area contributed by atoms with Crippen LogP contribution in [-0.2, 0) is 10.3 Å². The van der Waals surface area contributed by atoms with E-state index in [1.807, 2.05) is 0 Å². The Labute approximate surface area is 104 Å². The highest BCUT2D eigenvalue weighted by molar-refractivity contribution is 5.81. The van der Waals surface area contributed by atoms with Crippen LogP contribution in [0.25, 0.3) is 0 Å². The molecule has 0 aliphatic heterocycles. The van der Waals surface area contributed by atoms with Gasteiger partial charge in [-0.2, -0.15) is 0 Å². The number of aliphatic carboxylic acids is 1. The summed E-state index contributed by atoms with van der Waals surface area (Å²) in [5.74, 6) is -1.16. The minimum atomic E-state index is -1.51. The molecule has 5 heteroatoms. The molecule has 0 bridgehead atoms. The maximum atomic E-state index is 13.9. The number of carboxylic acid groups (broad SMARTS) is 1. The molecule has 1 aromatic heterocycles. The zero-order valence-electron chi connectivity index (χ0n) is 10.1. The zero-order chi connectivity index (χ0) is 13.3. The first kappa shape index (κ1) is 12.3. The molecule has 0 aliphatic carbocycles. The first-order valence-corrected chi connectivity index (χ1v) is 5.46. The van der Waals surface area contributed by atoms with E-state index in [1.54, 1.807) is 13.0 Å². The third kappa shape index (κ3) is 1.68. The van der Waals surface area contributed by atoms with Crippen molar-refractivity contribution in [3.63, 3.8) is 0 Å². The quantitative estimate of drug-likeness (QED) is 0.905. The molecule has 1 heterocycles. The van der Waals surface area contributed by atoms with Crippen molar-refractivity contribution in [3.8, 4) is 0 Å². The summed E-state index contributed by atoms with van der Waals surface area (Å²) < 4.78 is 15.3. The van der Waals surface area contributed by atoms with Gasteiger partial charge in [-0.1, -0.05) is 18.2 Å². The van der Waals surface area contributed by atoms with Gasteiger partial charge in [0, 0.05) is 18.0 Å².